The summed E-state index contributed by atoms with van der Waals surface area (Å²) < 4.78 is 0. The zero-order valence-corrected chi connectivity index (χ0v) is 17.8. The number of aryl methyl sites for hydroxylation is 1. The van der Waals surface area contributed by atoms with E-state index in [0.717, 1.165) is 33.3 Å². The van der Waals surface area contributed by atoms with Crippen LogP contribution in [-0.2, 0) is 11.3 Å². The Morgan fingerprint density at radius 3 is 2.44 bits per heavy atom. The molecule has 6 nitrogen and oxygen atoms in total. The number of hydrogen-bond acceptors (Lipinski definition) is 4. The minimum atomic E-state index is -0.223. The van der Waals surface area contributed by atoms with Gasteiger partial charge in [-0.3, -0.25) is 14.6 Å². The van der Waals surface area contributed by atoms with Crippen molar-refractivity contribution in [3.8, 4) is 11.3 Å². The number of carbonyl (C=O) groups excluding carboxylic acids is 2. The molecular weight excluding hydrogens is 400 g/mol. The first kappa shape index (κ1) is 21.2. The normalized spacial score (nSPS) is 10.7. The summed E-state index contributed by atoms with van der Waals surface area (Å²) in [5.41, 5.74) is 5.13. The fraction of sp³-hybridized carbons (Fsp3) is 0.154. The molecule has 2 N–H and O–H groups in total. The van der Waals surface area contributed by atoms with E-state index < -0.39 is 0 Å². The predicted molar refractivity (Wildman–Crippen MR) is 125 cm³/mol. The molecule has 0 spiro atoms. The SMILES string of the molecule is Cc1ccc(-c2cc(C(=O)NCCC(=O)NCc3ccncc3)c3ccccc3n2)cc1. The minimum absolute atomic E-state index is 0.123. The maximum absolute atomic E-state index is 13.0. The number of benzene rings is 2. The fourth-order valence-electron chi connectivity index (χ4n) is 3.41. The standard InChI is InChI=1S/C26H24N4O2/c1-18-6-8-20(9-7-18)24-16-22(21-4-2-3-5-23(21)30-24)26(32)28-15-12-25(31)29-17-19-10-13-27-14-11-19/h2-11,13-14,16H,12,15,17H2,1H3,(H,28,32)(H,29,31). The van der Waals surface area contributed by atoms with Gasteiger partial charge in [-0.05, 0) is 36.8 Å². The molecule has 0 bridgehead atoms. The van der Waals surface area contributed by atoms with Gasteiger partial charge in [0.25, 0.3) is 5.91 Å². The Morgan fingerprint density at radius 2 is 1.66 bits per heavy atom. The highest BCUT2D eigenvalue weighted by Gasteiger charge is 2.14. The van der Waals surface area contributed by atoms with Crippen LogP contribution >= 0.6 is 0 Å². The summed E-state index contributed by atoms with van der Waals surface area (Å²) in [6.45, 7) is 2.71. The summed E-state index contributed by atoms with van der Waals surface area (Å²) in [7, 11) is 0. The van der Waals surface area contributed by atoms with Gasteiger partial charge in [0.1, 0.15) is 0 Å². The van der Waals surface area contributed by atoms with E-state index in [1.54, 1.807) is 12.4 Å². The molecule has 4 rings (SSSR count). The number of pyridine rings is 2. The molecule has 6 heteroatoms. The third-order valence-electron chi connectivity index (χ3n) is 5.18. The molecule has 2 heterocycles. The number of para-hydroxylation sites is 1. The van der Waals surface area contributed by atoms with Crippen LogP contribution in [0.25, 0.3) is 22.2 Å². The quantitative estimate of drug-likeness (QED) is 0.469. The molecule has 0 aliphatic carbocycles. The molecule has 0 unspecified atom stereocenters. The molecule has 2 aromatic heterocycles. The van der Waals surface area contributed by atoms with Gasteiger partial charge in [-0.25, -0.2) is 4.98 Å². The fourth-order valence-corrected chi connectivity index (χ4v) is 3.41. The van der Waals surface area contributed by atoms with Crippen molar-refractivity contribution in [1.29, 1.82) is 0 Å². The topological polar surface area (TPSA) is 84.0 Å². The summed E-state index contributed by atoms with van der Waals surface area (Å²) in [5.74, 6) is -0.346. The first-order chi connectivity index (χ1) is 15.6. The molecule has 0 saturated heterocycles. The van der Waals surface area contributed by atoms with E-state index in [-0.39, 0.29) is 24.8 Å². The van der Waals surface area contributed by atoms with Crippen LogP contribution in [0.15, 0.2) is 79.1 Å². The van der Waals surface area contributed by atoms with Gasteiger partial charge >= 0.3 is 0 Å². The van der Waals surface area contributed by atoms with E-state index in [1.165, 1.54) is 0 Å². The highest BCUT2D eigenvalue weighted by Crippen LogP contribution is 2.25. The molecule has 0 aliphatic heterocycles. The third-order valence-corrected chi connectivity index (χ3v) is 5.18. The lowest BCUT2D eigenvalue weighted by atomic mass is 10.0. The van der Waals surface area contributed by atoms with Crippen molar-refractivity contribution in [2.24, 2.45) is 0 Å². The van der Waals surface area contributed by atoms with E-state index in [0.29, 0.717) is 12.1 Å². The second-order valence-electron chi connectivity index (χ2n) is 7.58. The van der Waals surface area contributed by atoms with Crippen molar-refractivity contribution in [1.82, 2.24) is 20.6 Å². The molecule has 0 saturated carbocycles. The average molecular weight is 425 g/mol. The minimum Gasteiger partial charge on any atom is -0.352 e. The highest BCUT2D eigenvalue weighted by atomic mass is 16.2. The monoisotopic (exact) mass is 424 g/mol. The van der Waals surface area contributed by atoms with Crippen molar-refractivity contribution < 1.29 is 9.59 Å². The van der Waals surface area contributed by atoms with Gasteiger partial charge in [0.2, 0.25) is 5.91 Å². The molecular formula is C26H24N4O2. The van der Waals surface area contributed by atoms with Crippen LogP contribution < -0.4 is 10.6 Å². The van der Waals surface area contributed by atoms with Crippen LogP contribution in [0.1, 0.15) is 27.9 Å². The Hall–Kier alpha value is -4.06. The molecule has 32 heavy (non-hydrogen) atoms. The van der Waals surface area contributed by atoms with Gasteiger partial charge in [0.15, 0.2) is 0 Å². The Kier molecular flexibility index (Phi) is 6.51. The van der Waals surface area contributed by atoms with E-state index >= 15 is 0 Å². The van der Waals surface area contributed by atoms with Gasteiger partial charge in [0, 0.05) is 42.9 Å². The number of rotatable bonds is 7. The maximum atomic E-state index is 13.0. The number of fused-ring (bicyclic) bond motifs is 1. The van der Waals surface area contributed by atoms with E-state index in [9.17, 15) is 9.59 Å². The van der Waals surface area contributed by atoms with E-state index in [2.05, 4.69) is 15.6 Å². The van der Waals surface area contributed by atoms with Gasteiger partial charge in [-0.1, -0.05) is 48.0 Å². The maximum Gasteiger partial charge on any atom is 0.252 e. The average Bonchev–Trinajstić information content (AvgIpc) is 2.83. The largest absolute Gasteiger partial charge is 0.352 e. The summed E-state index contributed by atoms with van der Waals surface area (Å²) in [5, 5.41) is 6.50. The Morgan fingerprint density at radius 1 is 0.906 bits per heavy atom. The van der Waals surface area contributed by atoms with Gasteiger partial charge in [0.05, 0.1) is 16.8 Å². The Labute approximate surface area is 186 Å². The zero-order valence-electron chi connectivity index (χ0n) is 17.8. The van der Waals surface area contributed by atoms with Gasteiger partial charge in [-0.15, -0.1) is 0 Å². The van der Waals surface area contributed by atoms with E-state index in [4.69, 9.17) is 4.98 Å². The molecule has 0 fully saturated rings. The summed E-state index contributed by atoms with van der Waals surface area (Å²) in [6.07, 6.45) is 3.57. The lowest BCUT2D eigenvalue weighted by molar-refractivity contribution is -0.121. The van der Waals surface area contributed by atoms with Crippen molar-refractivity contribution in [3.63, 3.8) is 0 Å². The zero-order chi connectivity index (χ0) is 22.3. The number of hydrogen-bond donors (Lipinski definition) is 2. The first-order valence-electron chi connectivity index (χ1n) is 10.5. The number of carbonyl (C=O) groups is 2. The van der Waals surface area contributed by atoms with Crippen molar-refractivity contribution in [2.75, 3.05) is 6.54 Å². The summed E-state index contributed by atoms with van der Waals surface area (Å²) >= 11 is 0. The van der Waals surface area contributed by atoms with Crippen LogP contribution in [0.5, 0.6) is 0 Å². The Balaban J connectivity index is 1.44. The molecule has 0 radical (unpaired) electrons. The highest BCUT2D eigenvalue weighted by molar-refractivity contribution is 6.07. The van der Waals surface area contributed by atoms with Crippen LogP contribution in [0, 0.1) is 6.92 Å². The second kappa shape index (κ2) is 9.83. The second-order valence-corrected chi connectivity index (χ2v) is 7.58. The van der Waals surface area contributed by atoms with Crippen LogP contribution in [0.2, 0.25) is 0 Å². The Bertz CT molecular complexity index is 1240. The summed E-state index contributed by atoms with van der Waals surface area (Å²) in [4.78, 5) is 33.8. The molecule has 160 valence electrons. The number of nitrogens with zero attached hydrogens (tertiary/aromatic N) is 2. The molecule has 0 aliphatic rings. The van der Waals surface area contributed by atoms with Crippen molar-refractivity contribution >= 4 is 22.7 Å². The molecule has 2 amide bonds. The molecule has 4 aromatic rings. The van der Waals surface area contributed by atoms with Crippen molar-refractivity contribution in [2.45, 2.75) is 19.9 Å². The number of amides is 2. The van der Waals surface area contributed by atoms with Gasteiger partial charge < -0.3 is 10.6 Å². The van der Waals surface area contributed by atoms with Crippen LogP contribution in [0.4, 0.5) is 0 Å². The smallest absolute Gasteiger partial charge is 0.252 e. The van der Waals surface area contributed by atoms with Gasteiger partial charge in [-0.2, -0.15) is 0 Å². The number of aromatic nitrogens is 2. The number of nitrogens with one attached hydrogen (secondary N) is 2. The van der Waals surface area contributed by atoms with E-state index in [1.807, 2.05) is 73.7 Å². The molecule has 0 atom stereocenters. The van der Waals surface area contributed by atoms with Crippen molar-refractivity contribution in [3.05, 3.63) is 95.8 Å². The summed E-state index contributed by atoms with van der Waals surface area (Å²) in [6, 6.07) is 21.1. The van der Waals surface area contributed by atoms with Crippen LogP contribution in [0.3, 0.4) is 0 Å². The third kappa shape index (κ3) is 5.16. The molecule has 2 aromatic carbocycles. The van der Waals surface area contributed by atoms with Crippen LogP contribution in [-0.4, -0.2) is 28.3 Å². The lowest BCUT2D eigenvalue weighted by Gasteiger charge is -2.11. The predicted octanol–water partition coefficient (Wildman–Crippen LogP) is 4.04. The first-order valence-corrected chi connectivity index (χ1v) is 10.5. The lowest BCUT2D eigenvalue weighted by Crippen LogP contribution is -2.30.